The maximum atomic E-state index is 4.04. The third-order valence-corrected chi connectivity index (χ3v) is 2.55. The van der Waals surface area contributed by atoms with Crippen LogP contribution in [0.3, 0.4) is 0 Å². The van der Waals surface area contributed by atoms with Crippen LogP contribution in [0.4, 0.5) is 5.69 Å². The molecule has 0 unspecified atom stereocenters. The third kappa shape index (κ3) is 1.41. The Morgan fingerprint density at radius 2 is 2.14 bits per heavy atom. The van der Waals surface area contributed by atoms with Crippen LogP contribution in [-0.4, -0.2) is 11.5 Å². The quantitative estimate of drug-likeness (QED) is 0.604. The second-order valence-electron chi connectivity index (χ2n) is 3.76. The molecule has 2 rings (SSSR count). The largest absolute Gasteiger partial charge is 0.357 e. The monoisotopic (exact) mass is 191 g/mol. The molecule has 1 heterocycles. The van der Waals surface area contributed by atoms with E-state index in [1.54, 1.807) is 0 Å². The molecule has 2 aromatic rings. The van der Waals surface area contributed by atoms with Crippen molar-refractivity contribution >= 4 is 16.6 Å². The maximum Gasteiger partial charge on any atom is 0.152 e. The van der Waals surface area contributed by atoms with Gasteiger partial charge in [-0.1, -0.05) is 0 Å². The summed E-state index contributed by atoms with van der Waals surface area (Å²) >= 11 is 0. The highest BCUT2D eigenvalue weighted by Crippen LogP contribution is 2.24. The van der Waals surface area contributed by atoms with Gasteiger partial charge in [-0.2, -0.15) is 0 Å². The summed E-state index contributed by atoms with van der Waals surface area (Å²) in [6.45, 7) is 3.04. The minimum absolute atomic E-state index is 0.938. The Kier molecular flexibility index (Phi) is 2.27. The lowest BCUT2D eigenvalue weighted by atomic mass is 10.1. The summed E-state index contributed by atoms with van der Waals surface area (Å²) in [6, 6.07) is 4.32. The van der Waals surface area contributed by atoms with E-state index in [-0.39, 0.29) is 0 Å². The molecule has 0 radical (unpaired) electrons. The van der Waals surface area contributed by atoms with Crippen LogP contribution < -0.4 is 11.5 Å². The molecule has 0 aliphatic carbocycles. The van der Waals surface area contributed by atoms with Gasteiger partial charge in [0.2, 0.25) is 0 Å². The average Bonchev–Trinajstić information content (AvgIpc) is 2.49. The standard InChI is InChI=1S/C11H15N3/c1-7-4-9-8(2-3-12)6-14-11(9)10(13)5-7/h4-6,14H,2-3,12-13H2,1H3/p+2. The van der Waals surface area contributed by atoms with E-state index in [4.69, 9.17) is 0 Å². The van der Waals surface area contributed by atoms with E-state index in [2.05, 4.69) is 41.7 Å². The number of hydrogen-bond donors (Lipinski definition) is 3. The molecule has 74 valence electrons. The van der Waals surface area contributed by atoms with Crippen molar-refractivity contribution in [2.24, 2.45) is 0 Å². The van der Waals surface area contributed by atoms with Crippen LogP contribution in [0.15, 0.2) is 18.3 Å². The summed E-state index contributed by atoms with van der Waals surface area (Å²) in [4.78, 5) is 3.28. The summed E-state index contributed by atoms with van der Waals surface area (Å²) in [6.07, 6.45) is 3.10. The molecule has 0 spiro atoms. The average molecular weight is 191 g/mol. The van der Waals surface area contributed by atoms with Crippen molar-refractivity contribution < 1.29 is 11.5 Å². The predicted molar refractivity (Wildman–Crippen MR) is 57.0 cm³/mol. The molecule has 1 aromatic carbocycles. The van der Waals surface area contributed by atoms with Gasteiger partial charge in [-0.3, -0.25) is 0 Å². The summed E-state index contributed by atoms with van der Waals surface area (Å²) in [7, 11) is 0. The zero-order valence-corrected chi connectivity index (χ0v) is 8.56. The van der Waals surface area contributed by atoms with E-state index < -0.39 is 0 Å². The molecule has 1 aromatic heterocycles. The summed E-state index contributed by atoms with van der Waals surface area (Å²) in [5.74, 6) is 0. The molecular weight excluding hydrogens is 174 g/mol. The van der Waals surface area contributed by atoms with Gasteiger partial charge in [0.25, 0.3) is 0 Å². The number of aromatic amines is 1. The number of rotatable bonds is 2. The highest BCUT2D eigenvalue weighted by molar-refractivity contribution is 5.90. The molecule has 0 bridgehead atoms. The van der Waals surface area contributed by atoms with Crippen LogP contribution in [0, 0.1) is 6.92 Å². The molecule has 7 N–H and O–H groups in total. The zero-order chi connectivity index (χ0) is 10.1. The number of H-pyrrole nitrogens is 1. The summed E-state index contributed by atoms with van der Waals surface area (Å²) < 4.78 is 0. The molecule has 0 atom stereocenters. The first-order valence-corrected chi connectivity index (χ1v) is 4.94. The van der Waals surface area contributed by atoms with Crippen molar-refractivity contribution in [3.05, 3.63) is 29.5 Å². The lowest BCUT2D eigenvalue weighted by Crippen LogP contribution is -2.51. The maximum absolute atomic E-state index is 4.04. The second kappa shape index (κ2) is 3.44. The Labute approximate surface area is 83.1 Å². The van der Waals surface area contributed by atoms with E-state index in [1.807, 2.05) is 0 Å². The highest BCUT2D eigenvalue weighted by atomic mass is 14.7. The Morgan fingerprint density at radius 3 is 2.86 bits per heavy atom. The lowest BCUT2D eigenvalue weighted by molar-refractivity contribution is -0.366. The fourth-order valence-corrected chi connectivity index (χ4v) is 1.92. The second-order valence-corrected chi connectivity index (χ2v) is 3.76. The topological polar surface area (TPSA) is 71.1 Å². The number of aromatic nitrogens is 1. The molecule has 3 nitrogen and oxygen atoms in total. The van der Waals surface area contributed by atoms with Gasteiger partial charge in [0.15, 0.2) is 5.69 Å². The number of benzene rings is 1. The molecule has 14 heavy (non-hydrogen) atoms. The number of aryl methyl sites for hydroxylation is 1. The fourth-order valence-electron chi connectivity index (χ4n) is 1.92. The van der Waals surface area contributed by atoms with E-state index in [1.165, 1.54) is 22.0 Å². The minimum atomic E-state index is 0.938. The van der Waals surface area contributed by atoms with Gasteiger partial charge in [0.1, 0.15) is 5.52 Å². The van der Waals surface area contributed by atoms with Crippen molar-refractivity contribution in [2.45, 2.75) is 13.3 Å². The number of nitrogens with one attached hydrogen (secondary N) is 1. The van der Waals surface area contributed by atoms with E-state index >= 15 is 0 Å². The van der Waals surface area contributed by atoms with Gasteiger partial charge in [-0.15, -0.1) is 0 Å². The van der Waals surface area contributed by atoms with Gasteiger partial charge in [-0.05, 0) is 24.1 Å². The molecule has 0 saturated carbocycles. The highest BCUT2D eigenvalue weighted by Gasteiger charge is 2.08. The summed E-state index contributed by atoms with van der Waals surface area (Å²) in [5, 5.41) is 1.30. The van der Waals surface area contributed by atoms with E-state index in [0.717, 1.165) is 18.7 Å². The predicted octanol–water partition coefficient (Wildman–Crippen LogP) is 0.134. The fraction of sp³-hybridized carbons (Fsp3) is 0.273. The van der Waals surface area contributed by atoms with Crippen molar-refractivity contribution in [1.29, 1.82) is 0 Å². The van der Waals surface area contributed by atoms with Gasteiger partial charge < -0.3 is 16.5 Å². The zero-order valence-electron chi connectivity index (χ0n) is 8.56. The number of quaternary nitrogens is 2. The van der Waals surface area contributed by atoms with Crippen molar-refractivity contribution in [1.82, 2.24) is 4.98 Å². The Balaban J connectivity index is 2.66. The van der Waals surface area contributed by atoms with Crippen molar-refractivity contribution in [3.63, 3.8) is 0 Å². The van der Waals surface area contributed by atoms with Crippen LogP contribution in [-0.2, 0) is 6.42 Å². The van der Waals surface area contributed by atoms with E-state index in [9.17, 15) is 0 Å². The molecule has 0 aliphatic rings. The van der Waals surface area contributed by atoms with Crippen molar-refractivity contribution in [2.75, 3.05) is 6.54 Å². The van der Waals surface area contributed by atoms with Gasteiger partial charge >= 0.3 is 0 Å². The molecule has 3 heteroatoms. The van der Waals surface area contributed by atoms with Gasteiger partial charge in [0.05, 0.1) is 6.54 Å². The number of fused-ring (bicyclic) bond motifs is 1. The lowest BCUT2D eigenvalue weighted by Gasteiger charge is -1.98. The smallest absolute Gasteiger partial charge is 0.152 e. The SMILES string of the molecule is Cc1cc([NH3+])c2[nH]cc(CC[NH3+])c2c1. The third-order valence-electron chi connectivity index (χ3n) is 2.55. The molecule has 0 amide bonds. The first kappa shape index (κ1) is 9.24. The van der Waals surface area contributed by atoms with Crippen molar-refractivity contribution in [3.8, 4) is 0 Å². The van der Waals surface area contributed by atoms with Crippen LogP contribution in [0.25, 0.3) is 10.9 Å². The van der Waals surface area contributed by atoms with Crippen LogP contribution in [0.5, 0.6) is 0 Å². The Bertz CT molecular complexity index is 457. The normalized spacial score (nSPS) is 11.1. The van der Waals surface area contributed by atoms with Gasteiger partial charge in [0, 0.05) is 24.1 Å². The first-order valence-electron chi connectivity index (χ1n) is 4.94. The van der Waals surface area contributed by atoms with Crippen LogP contribution in [0.1, 0.15) is 11.1 Å². The van der Waals surface area contributed by atoms with Gasteiger partial charge in [-0.25, -0.2) is 0 Å². The molecule has 0 aliphatic heterocycles. The van der Waals surface area contributed by atoms with Crippen LogP contribution in [0.2, 0.25) is 0 Å². The number of hydrogen-bond acceptors (Lipinski definition) is 0. The molecule has 0 fully saturated rings. The Hall–Kier alpha value is -1.32. The summed E-state index contributed by atoms with van der Waals surface area (Å²) in [5.41, 5.74) is 12.8. The minimum Gasteiger partial charge on any atom is -0.357 e. The molecular formula is C11H17N3+2. The Morgan fingerprint density at radius 1 is 1.36 bits per heavy atom. The van der Waals surface area contributed by atoms with Crippen LogP contribution >= 0.6 is 0 Å². The van der Waals surface area contributed by atoms with E-state index in [0.29, 0.717) is 0 Å². The first-order chi connectivity index (χ1) is 6.72. The molecule has 0 saturated heterocycles.